The average molecular weight is 243 g/mol. The SMILES string of the molecule is CC(C)(C)OC(=O)NC[C@@H]1CCC[C@@H]1C(=O)O. The molecular formula is C12H21NO4. The van der Waals surface area contributed by atoms with Crippen molar-refractivity contribution < 1.29 is 19.4 Å². The predicted octanol–water partition coefficient (Wildman–Crippen LogP) is 2.01. The molecular weight excluding hydrogens is 222 g/mol. The van der Waals surface area contributed by atoms with E-state index in [9.17, 15) is 9.59 Å². The summed E-state index contributed by atoms with van der Waals surface area (Å²) < 4.78 is 5.10. The van der Waals surface area contributed by atoms with Crippen LogP contribution in [-0.4, -0.2) is 29.3 Å². The molecule has 0 aromatic rings. The van der Waals surface area contributed by atoms with Gasteiger partial charge in [0.15, 0.2) is 0 Å². The largest absolute Gasteiger partial charge is 0.481 e. The molecule has 0 aromatic carbocycles. The summed E-state index contributed by atoms with van der Waals surface area (Å²) in [6.07, 6.45) is 1.99. The lowest BCUT2D eigenvalue weighted by Crippen LogP contribution is -2.37. The molecule has 1 aliphatic rings. The van der Waals surface area contributed by atoms with Gasteiger partial charge in [0.2, 0.25) is 0 Å². The second-order valence-corrected chi connectivity index (χ2v) is 5.52. The van der Waals surface area contributed by atoms with Gasteiger partial charge in [0, 0.05) is 6.54 Å². The Morgan fingerprint density at radius 2 is 2.00 bits per heavy atom. The lowest BCUT2D eigenvalue weighted by molar-refractivity contribution is -0.142. The van der Waals surface area contributed by atoms with Gasteiger partial charge in [-0.2, -0.15) is 0 Å². The first kappa shape index (κ1) is 13.8. The standard InChI is InChI=1S/C12H21NO4/c1-12(2,3)17-11(16)13-7-8-5-4-6-9(8)10(14)15/h8-9H,4-7H2,1-3H3,(H,13,16)(H,14,15)/t8-,9-/m0/s1. The fraction of sp³-hybridized carbons (Fsp3) is 0.833. The summed E-state index contributed by atoms with van der Waals surface area (Å²) in [5.41, 5.74) is -0.522. The van der Waals surface area contributed by atoms with Gasteiger partial charge in [0.25, 0.3) is 0 Å². The highest BCUT2D eigenvalue weighted by molar-refractivity contribution is 5.71. The monoisotopic (exact) mass is 243 g/mol. The molecule has 0 bridgehead atoms. The molecule has 1 amide bonds. The molecule has 0 saturated heterocycles. The maximum absolute atomic E-state index is 11.4. The van der Waals surface area contributed by atoms with E-state index < -0.39 is 17.7 Å². The molecule has 1 saturated carbocycles. The van der Waals surface area contributed by atoms with Gasteiger partial charge in [0.05, 0.1) is 5.92 Å². The van der Waals surface area contributed by atoms with E-state index in [2.05, 4.69) is 5.32 Å². The van der Waals surface area contributed by atoms with Crippen LogP contribution in [0.1, 0.15) is 40.0 Å². The van der Waals surface area contributed by atoms with Crippen molar-refractivity contribution in [2.45, 2.75) is 45.6 Å². The quantitative estimate of drug-likeness (QED) is 0.795. The second kappa shape index (κ2) is 5.38. The van der Waals surface area contributed by atoms with E-state index in [0.717, 1.165) is 12.8 Å². The van der Waals surface area contributed by atoms with Gasteiger partial charge in [-0.3, -0.25) is 4.79 Å². The van der Waals surface area contributed by atoms with E-state index in [1.165, 1.54) is 0 Å². The number of carboxylic acids is 1. The Balaban J connectivity index is 2.35. The van der Waals surface area contributed by atoms with Gasteiger partial charge in [0.1, 0.15) is 5.60 Å². The van der Waals surface area contributed by atoms with Gasteiger partial charge in [-0.05, 0) is 39.5 Å². The highest BCUT2D eigenvalue weighted by Crippen LogP contribution is 2.31. The number of alkyl carbamates (subject to hydrolysis) is 1. The molecule has 0 spiro atoms. The predicted molar refractivity (Wildman–Crippen MR) is 62.7 cm³/mol. The Kier molecular flexibility index (Phi) is 4.37. The Hall–Kier alpha value is -1.26. The molecule has 0 radical (unpaired) electrons. The number of ether oxygens (including phenoxy) is 1. The van der Waals surface area contributed by atoms with Crippen LogP contribution in [0.4, 0.5) is 4.79 Å². The highest BCUT2D eigenvalue weighted by Gasteiger charge is 2.33. The van der Waals surface area contributed by atoms with Crippen LogP contribution < -0.4 is 5.32 Å². The van der Waals surface area contributed by atoms with Crippen LogP contribution in [-0.2, 0) is 9.53 Å². The van der Waals surface area contributed by atoms with Crippen LogP contribution in [0.2, 0.25) is 0 Å². The van der Waals surface area contributed by atoms with Crippen molar-refractivity contribution in [3.63, 3.8) is 0 Å². The maximum Gasteiger partial charge on any atom is 0.407 e. The number of nitrogens with one attached hydrogen (secondary N) is 1. The number of aliphatic carboxylic acids is 1. The van der Waals surface area contributed by atoms with Crippen LogP contribution in [0.25, 0.3) is 0 Å². The molecule has 1 aliphatic carbocycles. The molecule has 0 aliphatic heterocycles. The summed E-state index contributed by atoms with van der Waals surface area (Å²) in [5.74, 6) is -1.07. The topological polar surface area (TPSA) is 75.6 Å². The summed E-state index contributed by atoms with van der Waals surface area (Å²) >= 11 is 0. The van der Waals surface area contributed by atoms with Crippen molar-refractivity contribution in [3.8, 4) is 0 Å². The molecule has 1 rings (SSSR count). The van der Waals surface area contributed by atoms with Crippen LogP contribution in [0, 0.1) is 11.8 Å². The van der Waals surface area contributed by atoms with E-state index in [1.54, 1.807) is 20.8 Å². The molecule has 5 nitrogen and oxygen atoms in total. The number of rotatable bonds is 3. The molecule has 2 N–H and O–H groups in total. The fourth-order valence-corrected chi connectivity index (χ4v) is 2.13. The molecule has 0 unspecified atom stereocenters. The van der Waals surface area contributed by atoms with Crippen molar-refractivity contribution >= 4 is 12.1 Å². The van der Waals surface area contributed by atoms with Gasteiger partial charge < -0.3 is 15.2 Å². The Labute approximate surface area is 102 Å². The minimum Gasteiger partial charge on any atom is -0.481 e. The molecule has 0 heterocycles. The third-order valence-electron chi connectivity index (χ3n) is 2.88. The number of carboxylic acid groups (broad SMARTS) is 1. The van der Waals surface area contributed by atoms with Crippen LogP contribution in [0.5, 0.6) is 0 Å². The maximum atomic E-state index is 11.4. The average Bonchev–Trinajstić information content (AvgIpc) is 2.59. The van der Waals surface area contributed by atoms with E-state index in [1.807, 2.05) is 0 Å². The third kappa shape index (κ3) is 4.63. The summed E-state index contributed by atoms with van der Waals surface area (Å²) in [7, 11) is 0. The van der Waals surface area contributed by atoms with Crippen LogP contribution in [0.3, 0.4) is 0 Å². The normalized spacial score (nSPS) is 24.4. The van der Waals surface area contributed by atoms with Crippen molar-refractivity contribution in [1.29, 1.82) is 0 Å². The Bertz CT molecular complexity index is 295. The molecule has 5 heteroatoms. The minimum absolute atomic E-state index is 0.0278. The minimum atomic E-state index is -0.765. The first-order chi connectivity index (χ1) is 7.79. The van der Waals surface area contributed by atoms with Crippen molar-refractivity contribution in [1.82, 2.24) is 5.32 Å². The first-order valence-electron chi connectivity index (χ1n) is 5.99. The Morgan fingerprint density at radius 1 is 1.35 bits per heavy atom. The highest BCUT2D eigenvalue weighted by atomic mass is 16.6. The zero-order chi connectivity index (χ0) is 13.1. The number of carbonyl (C=O) groups excluding carboxylic acids is 1. The Morgan fingerprint density at radius 3 is 2.53 bits per heavy atom. The number of hydrogen-bond acceptors (Lipinski definition) is 3. The molecule has 0 aromatic heterocycles. The first-order valence-corrected chi connectivity index (χ1v) is 5.99. The van der Waals surface area contributed by atoms with E-state index in [-0.39, 0.29) is 11.8 Å². The number of amides is 1. The summed E-state index contributed by atoms with van der Waals surface area (Å²) in [6, 6.07) is 0. The van der Waals surface area contributed by atoms with Crippen molar-refractivity contribution in [2.24, 2.45) is 11.8 Å². The van der Waals surface area contributed by atoms with Crippen molar-refractivity contribution in [3.05, 3.63) is 0 Å². The summed E-state index contributed by atoms with van der Waals surface area (Å²) in [4.78, 5) is 22.4. The lowest BCUT2D eigenvalue weighted by Gasteiger charge is -2.21. The zero-order valence-electron chi connectivity index (χ0n) is 10.7. The molecule has 1 fully saturated rings. The fourth-order valence-electron chi connectivity index (χ4n) is 2.13. The number of hydrogen-bond donors (Lipinski definition) is 2. The zero-order valence-corrected chi connectivity index (χ0v) is 10.7. The van der Waals surface area contributed by atoms with Gasteiger partial charge >= 0.3 is 12.1 Å². The number of carbonyl (C=O) groups is 2. The van der Waals surface area contributed by atoms with E-state index >= 15 is 0 Å². The van der Waals surface area contributed by atoms with E-state index in [0.29, 0.717) is 13.0 Å². The van der Waals surface area contributed by atoms with Gasteiger partial charge in [-0.25, -0.2) is 4.79 Å². The second-order valence-electron chi connectivity index (χ2n) is 5.52. The third-order valence-corrected chi connectivity index (χ3v) is 2.88. The van der Waals surface area contributed by atoms with E-state index in [4.69, 9.17) is 9.84 Å². The molecule has 2 atom stereocenters. The summed E-state index contributed by atoms with van der Waals surface area (Å²) in [6.45, 7) is 5.76. The van der Waals surface area contributed by atoms with Gasteiger partial charge in [-0.1, -0.05) is 6.42 Å². The lowest BCUT2D eigenvalue weighted by atomic mass is 9.96. The van der Waals surface area contributed by atoms with Crippen LogP contribution in [0.15, 0.2) is 0 Å². The molecule has 98 valence electrons. The molecule has 17 heavy (non-hydrogen) atoms. The summed E-state index contributed by atoms with van der Waals surface area (Å²) in [5, 5.41) is 11.6. The van der Waals surface area contributed by atoms with Gasteiger partial charge in [-0.15, -0.1) is 0 Å². The van der Waals surface area contributed by atoms with Crippen LogP contribution >= 0.6 is 0 Å². The van der Waals surface area contributed by atoms with Crippen molar-refractivity contribution in [2.75, 3.05) is 6.54 Å². The smallest absolute Gasteiger partial charge is 0.407 e.